The van der Waals surface area contributed by atoms with Crippen LogP contribution in [0.5, 0.6) is 11.5 Å². The molecule has 0 aliphatic heterocycles. The van der Waals surface area contributed by atoms with E-state index in [0.717, 1.165) is 11.3 Å². The molecule has 1 heterocycles. The van der Waals surface area contributed by atoms with Crippen LogP contribution < -0.4 is 9.47 Å². The number of halogens is 1. The number of para-hydroxylation sites is 1. The highest BCUT2D eigenvalue weighted by atomic mass is 79.9. The van der Waals surface area contributed by atoms with E-state index in [4.69, 9.17) is 9.47 Å². The molecule has 0 unspecified atom stereocenters. The van der Waals surface area contributed by atoms with Gasteiger partial charge in [-0.2, -0.15) is 0 Å². The standard InChI is InChI=1S/C21H23BrN4O4S/c1-4-29-18-12-15(11-17(22)20(18)30-5-2)19(13-25(27)28)31-21-24-23-14(3)26(21)16-9-7-6-8-10-16/h6-12,19H,4-5,13H2,1-3H3/t19-/m1/s1. The number of thioether (sulfide) groups is 1. The zero-order valence-electron chi connectivity index (χ0n) is 17.4. The van der Waals surface area contributed by atoms with Crippen LogP contribution in [-0.4, -0.2) is 39.4 Å². The normalized spacial score (nSPS) is 11.9. The lowest BCUT2D eigenvalue weighted by Gasteiger charge is -2.18. The summed E-state index contributed by atoms with van der Waals surface area (Å²) in [6.07, 6.45) is 0. The van der Waals surface area contributed by atoms with Crippen molar-refractivity contribution in [1.29, 1.82) is 0 Å². The second-order valence-electron chi connectivity index (χ2n) is 6.52. The fraction of sp³-hybridized carbons (Fsp3) is 0.333. The fourth-order valence-electron chi connectivity index (χ4n) is 3.09. The summed E-state index contributed by atoms with van der Waals surface area (Å²) in [4.78, 5) is 11.2. The summed E-state index contributed by atoms with van der Waals surface area (Å²) in [6.45, 7) is 6.27. The van der Waals surface area contributed by atoms with Crippen molar-refractivity contribution in [3.8, 4) is 17.2 Å². The predicted molar refractivity (Wildman–Crippen MR) is 123 cm³/mol. The van der Waals surface area contributed by atoms with Gasteiger partial charge in [-0.25, -0.2) is 0 Å². The van der Waals surface area contributed by atoms with E-state index in [1.807, 2.05) is 61.7 Å². The van der Waals surface area contributed by atoms with E-state index in [1.54, 1.807) is 6.07 Å². The SMILES string of the molecule is CCOc1cc([C@@H](C[N+](=O)[O-])Sc2nnc(C)n2-c2ccccc2)cc(Br)c1OCC. The summed E-state index contributed by atoms with van der Waals surface area (Å²) in [5, 5.41) is 20.0. The van der Waals surface area contributed by atoms with Crippen LogP contribution in [0.2, 0.25) is 0 Å². The van der Waals surface area contributed by atoms with Crippen LogP contribution in [0.1, 0.15) is 30.5 Å². The lowest BCUT2D eigenvalue weighted by molar-refractivity contribution is -0.479. The Morgan fingerprint density at radius 3 is 2.52 bits per heavy atom. The maximum atomic E-state index is 11.5. The summed E-state index contributed by atoms with van der Waals surface area (Å²) < 4.78 is 14.0. The van der Waals surface area contributed by atoms with E-state index < -0.39 is 5.25 Å². The van der Waals surface area contributed by atoms with E-state index in [9.17, 15) is 10.1 Å². The number of rotatable bonds is 10. The van der Waals surface area contributed by atoms with Crippen molar-refractivity contribution in [2.75, 3.05) is 19.8 Å². The van der Waals surface area contributed by atoms with Crippen LogP contribution in [0, 0.1) is 17.0 Å². The van der Waals surface area contributed by atoms with E-state index in [-0.39, 0.29) is 11.5 Å². The van der Waals surface area contributed by atoms with Crippen molar-refractivity contribution >= 4 is 27.7 Å². The molecule has 1 aromatic heterocycles. The number of aromatic nitrogens is 3. The number of nitrogens with zero attached hydrogens (tertiary/aromatic N) is 4. The monoisotopic (exact) mass is 506 g/mol. The summed E-state index contributed by atoms with van der Waals surface area (Å²) >= 11 is 4.82. The minimum atomic E-state index is -0.507. The smallest absolute Gasteiger partial charge is 0.220 e. The molecule has 31 heavy (non-hydrogen) atoms. The van der Waals surface area contributed by atoms with Crippen molar-refractivity contribution in [3.63, 3.8) is 0 Å². The van der Waals surface area contributed by atoms with Crippen molar-refractivity contribution in [1.82, 2.24) is 14.8 Å². The number of hydrogen-bond acceptors (Lipinski definition) is 7. The summed E-state index contributed by atoms with van der Waals surface area (Å²) in [5.74, 6) is 1.83. The highest BCUT2D eigenvalue weighted by molar-refractivity contribution is 9.10. The highest BCUT2D eigenvalue weighted by Gasteiger charge is 2.26. The Bertz CT molecular complexity index is 1050. The molecule has 0 aliphatic carbocycles. The first-order valence-corrected chi connectivity index (χ1v) is 11.5. The summed E-state index contributed by atoms with van der Waals surface area (Å²) in [5.41, 5.74) is 1.64. The topological polar surface area (TPSA) is 92.3 Å². The lowest BCUT2D eigenvalue weighted by Crippen LogP contribution is -2.12. The Morgan fingerprint density at radius 1 is 1.16 bits per heavy atom. The second kappa shape index (κ2) is 10.6. The van der Waals surface area contributed by atoms with Crippen molar-refractivity contribution in [2.24, 2.45) is 0 Å². The molecular formula is C21H23BrN4O4S. The third kappa shape index (κ3) is 5.56. The van der Waals surface area contributed by atoms with Crippen molar-refractivity contribution in [3.05, 3.63) is 68.4 Å². The van der Waals surface area contributed by atoms with Gasteiger partial charge in [0.25, 0.3) is 0 Å². The van der Waals surface area contributed by atoms with Gasteiger partial charge in [0.05, 0.1) is 17.7 Å². The molecule has 3 rings (SSSR count). The van der Waals surface area contributed by atoms with Crippen LogP contribution in [0.3, 0.4) is 0 Å². The molecule has 8 nitrogen and oxygen atoms in total. The zero-order valence-corrected chi connectivity index (χ0v) is 19.9. The molecule has 0 saturated heterocycles. The Kier molecular flexibility index (Phi) is 7.91. The average Bonchev–Trinajstić information content (AvgIpc) is 3.10. The number of nitro groups is 1. The number of hydrogen-bond donors (Lipinski definition) is 0. The molecule has 10 heteroatoms. The number of benzene rings is 2. The average molecular weight is 507 g/mol. The first kappa shape index (κ1) is 23.1. The Morgan fingerprint density at radius 2 is 1.87 bits per heavy atom. The summed E-state index contributed by atoms with van der Waals surface area (Å²) in [7, 11) is 0. The molecule has 0 radical (unpaired) electrons. The third-order valence-electron chi connectivity index (χ3n) is 4.36. The molecule has 1 atom stereocenters. The third-order valence-corrected chi connectivity index (χ3v) is 6.13. The van der Waals surface area contributed by atoms with Gasteiger partial charge < -0.3 is 9.47 Å². The molecular weight excluding hydrogens is 484 g/mol. The molecule has 164 valence electrons. The molecule has 0 spiro atoms. The lowest BCUT2D eigenvalue weighted by atomic mass is 10.1. The number of aryl methyl sites for hydroxylation is 1. The van der Waals surface area contributed by atoms with Gasteiger partial charge >= 0.3 is 0 Å². The molecule has 0 N–H and O–H groups in total. The number of ether oxygens (including phenoxy) is 2. The first-order valence-electron chi connectivity index (χ1n) is 9.79. The first-order chi connectivity index (χ1) is 14.9. The maximum Gasteiger partial charge on any atom is 0.220 e. The van der Waals surface area contributed by atoms with Crippen LogP contribution in [-0.2, 0) is 0 Å². The highest BCUT2D eigenvalue weighted by Crippen LogP contribution is 2.43. The van der Waals surface area contributed by atoms with Crippen LogP contribution in [0.25, 0.3) is 5.69 Å². The minimum absolute atomic E-state index is 0.280. The molecule has 0 saturated carbocycles. The Hall–Kier alpha value is -2.59. The Balaban J connectivity index is 2.02. The molecule has 2 aromatic carbocycles. The quantitative estimate of drug-likeness (QED) is 0.210. The van der Waals surface area contributed by atoms with Gasteiger partial charge in [0.1, 0.15) is 11.1 Å². The van der Waals surface area contributed by atoms with Gasteiger partial charge in [0.15, 0.2) is 16.7 Å². The minimum Gasteiger partial charge on any atom is -0.490 e. The predicted octanol–water partition coefficient (Wildman–Crippen LogP) is 5.25. The van der Waals surface area contributed by atoms with E-state index in [0.29, 0.717) is 40.2 Å². The maximum absolute atomic E-state index is 11.5. The molecule has 0 amide bonds. The molecule has 0 bridgehead atoms. The van der Waals surface area contributed by atoms with Crippen LogP contribution in [0.4, 0.5) is 0 Å². The summed E-state index contributed by atoms with van der Waals surface area (Å²) in [6, 6.07) is 13.3. The molecule has 0 fully saturated rings. The second-order valence-corrected chi connectivity index (χ2v) is 8.54. The fourth-order valence-corrected chi connectivity index (χ4v) is 4.82. The van der Waals surface area contributed by atoms with Gasteiger partial charge in [-0.15, -0.1) is 10.2 Å². The van der Waals surface area contributed by atoms with E-state index >= 15 is 0 Å². The van der Waals surface area contributed by atoms with Crippen molar-refractivity contribution in [2.45, 2.75) is 31.2 Å². The van der Waals surface area contributed by atoms with Gasteiger partial charge in [-0.05, 0) is 66.5 Å². The molecule has 0 aliphatic rings. The van der Waals surface area contributed by atoms with Gasteiger partial charge in [0.2, 0.25) is 6.54 Å². The zero-order chi connectivity index (χ0) is 22.4. The van der Waals surface area contributed by atoms with Crippen LogP contribution >= 0.6 is 27.7 Å². The molecule has 3 aromatic rings. The van der Waals surface area contributed by atoms with Crippen molar-refractivity contribution < 1.29 is 14.4 Å². The van der Waals surface area contributed by atoms with E-state index in [2.05, 4.69) is 26.1 Å². The van der Waals surface area contributed by atoms with Crippen LogP contribution in [0.15, 0.2) is 52.1 Å². The van der Waals surface area contributed by atoms with Gasteiger partial charge in [-0.3, -0.25) is 14.7 Å². The van der Waals surface area contributed by atoms with Gasteiger partial charge in [0, 0.05) is 10.6 Å². The van der Waals surface area contributed by atoms with Gasteiger partial charge in [-0.1, -0.05) is 30.0 Å². The Labute approximate surface area is 193 Å². The van der Waals surface area contributed by atoms with E-state index in [1.165, 1.54) is 11.8 Å². The largest absolute Gasteiger partial charge is 0.490 e.